The molecule has 0 bridgehead atoms. The molecule has 0 aromatic carbocycles. The minimum absolute atomic E-state index is 0.00459. The van der Waals surface area contributed by atoms with Crippen molar-refractivity contribution in [2.75, 3.05) is 39.5 Å². The molecule has 1 amide bonds. The largest absolute Gasteiger partial charge is 0.397 e. The number of ether oxygens (including phenoxy) is 2. The van der Waals surface area contributed by atoms with E-state index in [2.05, 4.69) is 32.2 Å². The lowest BCUT2D eigenvalue weighted by molar-refractivity contribution is -0.129. The Morgan fingerprint density at radius 3 is 2.40 bits per heavy atom. The van der Waals surface area contributed by atoms with Crippen LogP contribution < -0.4 is 11.1 Å². The first-order chi connectivity index (χ1) is 20.0. The fraction of sp³-hybridized carbons (Fsp3) is 0.906. The summed E-state index contributed by atoms with van der Waals surface area (Å²) in [5.41, 5.74) is 7.00. The van der Waals surface area contributed by atoms with Gasteiger partial charge in [0.2, 0.25) is 5.91 Å². The Hall–Kier alpha value is -1.04. The van der Waals surface area contributed by atoms with E-state index in [1.807, 2.05) is 0 Å². The van der Waals surface area contributed by atoms with E-state index in [0.29, 0.717) is 56.2 Å². The molecule has 0 saturated heterocycles. The number of fused-ring (bicyclic) bond motifs is 5. The Morgan fingerprint density at radius 1 is 1.02 bits per heavy atom. The SMILES string of the molecule is C[C@H](C(=O)NCCCOCCCCOCCCN)[C@H]1CC[C@H]2[C@@H]3CC=C4C[C@@H](OS(=O)(=O)O)CC[C@]4(C)[C@H]3CC[C@]12C. The number of amides is 1. The number of unbranched alkanes of at least 4 members (excludes halogenated alkanes) is 1. The van der Waals surface area contributed by atoms with Crippen molar-refractivity contribution in [1.82, 2.24) is 5.32 Å². The van der Waals surface area contributed by atoms with E-state index in [-0.39, 0.29) is 22.7 Å². The van der Waals surface area contributed by atoms with Crippen LogP contribution in [0.15, 0.2) is 11.6 Å². The molecule has 4 rings (SSSR count). The van der Waals surface area contributed by atoms with Gasteiger partial charge in [-0.05, 0) is 118 Å². The fourth-order valence-corrected chi connectivity index (χ4v) is 9.78. The zero-order chi connectivity index (χ0) is 30.4. The number of carbonyl (C=O) groups excluding carboxylic acids is 1. The first-order valence-corrected chi connectivity index (χ1v) is 17.8. The molecule has 3 fully saturated rings. The van der Waals surface area contributed by atoms with E-state index in [0.717, 1.165) is 77.6 Å². The summed E-state index contributed by atoms with van der Waals surface area (Å²) in [5, 5.41) is 3.19. The summed E-state index contributed by atoms with van der Waals surface area (Å²) in [6.45, 7) is 11.1. The van der Waals surface area contributed by atoms with Crippen molar-refractivity contribution in [3.05, 3.63) is 11.6 Å². The summed E-state index contributed by atoms with van der Waals surface area (Å²) < 4.78 is 48.0. The lowest BCUT2D eigenvalue weighted by atomic mass is 9.47. The van der Waals surface area contributed by atoms with Gasteiger partial charge in [0.15, 0.2) is 0 Å². The number of hydrogen-bond acceptors (Lipinski definition) is 7. The number of allylic oxidation sites excluding steroid dienone is 1. The summed E-state index contributed by atoms with van der Waals surface area (Å²) in [7, 11) is -4.44. The van der Waals surface area contributed by atoms with Gasteiger partial charge in [-0.25, -0.2) is 4.18 Å². The van der Waals surface area contributed by atoms with E-state index in [4.69, 9.17) is 19.4 Å². The lowest BCUT2D eigenvalue weighted by Crippen LogP contribution is -2.51. The van der Waals surface area contributed by atoms with Crippen LogP contribution in [0.5, 0.6) is 0 Å². The quantitative estimate of drug-likeness (QED) is 0.125. The molecule has 0 aliphatic heterocycles. The second-order valence-electron chi connectivity index (χ2n) is 13.9. The van der Waals surface area contributed by atoms with E-state index in [1.165, 1.54) is 12.0 Å². The maximum absolute atomic E-state index is 13.2. The Labute approximate surface area is 254 Å². The topological polar surface area (TPSA) is 137 Å². The van der Waals surface area contributed by atoms with Crippen molar-refractivity contribution < 1.29 is 31.4 Å². The van der Waals surface area contributed by atoms with Gasteiger partial charge in [-0.2, -0.15) is 8.42 Å². The second kappa shape index (κ2) is 14.8. The molecule has 42 heavy (non-hydrogen) atoms. The minimum atomic E-state index is -4.44. The standard InChI is InChI=1S/C32H56N2O7S/c1-23(30(35)34-17-7-21-40-19-5-4-18-39-20-6-16-33)27-10-11-28-26-9-8-24-22-25(41-42(36,37)38)12-14-31(24,2)29(26)13-15-32(27,28)3/h8,23,25-29H,4-7,9-22,33H2,1-3H3,(H,34,35)(H,36,37,38)/t23-,25-,26-,27+,28-,29-,31-,32+/m0/s1. The normalized spacial score (nSPS) is 35.1. The molecule has 0 spiro atoms. The molecule has 9 nitrogen and oxygen atoms in total. The van der Waals surface area contributed by atoms with E-state index in [1.54, 1.807) is 0 Å². The van der Waals surface area contributed by atoms with Gasteiger partial charge in [-0.15, -0.1) is 0 Å². The highest BCUT2D eigenvalue weighted by molar-refractivity contribution is 7.80. The van der Waals surface area contributed by atoms with E-state index < -0.39 is 16.5 Å². The van der Waals surface area contributed by atoms with Gasteiger partial charge < -0.3 is 20.5 Å². The van der Waals surface area contributed by atoms with Gasteiger partial charge in [0, 0.05) is 38.9 Å². The van der Waals surface area contributed by atoms with Crippen LogP contribution in [-0.2, 0) is 28.9 Å². The third-order valence-corrected chi connectivity index (χ3v) is 12.0. The average Bonchev–Trinajstić information content (AvgIpc) is 3.29. The molecular weight excluding hydrogens is 556 g/mol. The maximum atomic E-state index is 13.2. The number of hydrogen-bond donors (Lipinski definition) is 3. The summed E-state index contributed by atoms with van der Waals surface area (Å²) in [4.78, 5) is 13.2. The Kier molecular flexibility index (Phi) is 11.9. The van der Waals surface area contributed by atoms with Crippen molar-refractivity contribution in [1.29, 1.82) is 0 Å². The highest BCUT2D eigenvalue weighted by atomic mass is 32.3. The van der Waals surface area contributed by atoms with Crippen LogP contribution in [0.1, 0.15) is 97.8 Å². The van der Waals surface area contributed by atoms with Crippen LogP contribution in [0.3, 0.4) is 0 Å². The Bertz CT molecular complexity index is 1040. The number of nitrogens with two attached hydrogens (primary N) is 1. The van der Waals surface area contributed by atoms with Gasteiger partial charge in [-0.1, -0.05) is 32.4 Å². The third-order valence-electron chi connectivity index (χ3n) is 11.5. The molecular formula is C32H56N2O7S. The molecule has 8 atom stereocenters. The smallest absolute Gasteiger partial charge is 0.381 e. The fourth-order valence-electron chi connectivity index (χ4n) is 9.27. The van der Waals surface area contributed by atoms with Gasteiger partial charge >= 0.3 is 10.4 Å². The lowest BCUT2D eigenvalue weighted by Gasteiger charge is -2.58. The highest BCUT2D eigenvalue weighted by Gasteiger charge is 2.59. The summed E-state index contributed by atoms with van der Waals surface area (Å²) in [6, 6.07) is 0. The monoisotopic (exact) mass is 612 g/mol. The second-order valence-corrected chi connectivity index (χ2v) is 14.9. The van der Waals surface area contributed by atoms with Gasteiger partial charge in [0.25, 0.3) is 0 Å². The molecule has 4 N–H and O–H groups in total. The van der Waals surface area contributed by atoms with Crippen LogP contribution in [0.2, 0.25) is 0 Å². The summed E-state index contributed by atoms with van der Waals surface area (Å²) in [5.74, 6) is 2.35. The molecule has 4 aliphatic carbocycles. The van der Waals surface area contributed by atoms with Crippen LogP contribution in [-0.4, -0.2) is 64.5 Å². The summed E-state index contributed by atoms with van der Waals surface area (Å²) >= 11 is 0. The van der Waals surface area contributed by atoms with Crippen LogP contribution in [0.25, 0.3) is 0 Å². The van der Waals surface area contributed by atoms with Crippen LogP contribution >= 0.6 is 0 Å². The van der Waals surface area contributed by atoms with Gasteiger partial charge in [0.1, 0.15) is 0 Å². The summed E-state index contributed by atoms with van der Waals surface area (Å²) in [6.07, 6.45) is 13.3. The Balaban J connectivity index is 1.22. The predicted molar refractivity (Wildman–Crippen MR) is 163 cm³/mol. The van der Waals surface area contributed by atoms with Crippen molar-refractivity contribution in [3.63, 3.8) is 0 Å². The van der Waals surface area contributed by atoms with E-state index in [9.17, 15) is 17.8 Å². The number of nitrogens with one attached hydrogen (secondary N) is 1. The zero-order valence-electron chi connectivity index (χ0n) is 26.2. The molecule has 4 aliphatic rings. The highest BCUT2D eigenvalue weighted by Crippen LogP contribution is 2.67. The minimum Gasteiger partial charge on any atom is -0.381 e. The van der Waals surface area contributed by atoms with Gasteiger partial charge in [-0.3, -0.25) is 9.35 Å². The predicted octanol–water partition coefficient (Wildman–Crippen LogP) is 5.06. The zero-order valence-corrected chi connectivity index (χ0v) is 27.0. The maximum Gasteiger partial charge on any atom is 0.397 e. The molecule has 0 unspecified atom stereocenters. The van der Waals surface area contributed by atoms with E-state index >= 15 is 0 Å². The van der Waals surface area contributed by atoms with Gasteiger partial charge in [0.05, 0.1) is 6.10 Å². The molecule has 0 radical (unpaired) electrons. The third kappa shape index (κ3) is 7.96. The molecule has 10 heteroatoms. The first-order valence-electron chi connectivity index (χ1n) is 16.5. The molecule has 0 aromatic heterocycles. The Morgan fingerprint density at radius 2 is 1.71 bits per heavy atom. The molecule has 242 valence electrons. The average molecular weight is 613 g/mol. The number of carbonyl (C=O) groups is 1. The van der Waals surface area contributed by atoms with Crippen LogP contribution in [0, 0.1) is 40.4 Å². The molecule has 0 aromatic rings. The first kappa shape index (κ1) is 33.8. The van der Waals surface area contributed by atoms with Crippen molar-refractivity contribution in [3.8, 4) is 0 Å². The van der Waals surface area contributed by atoms with Crippen LogP contribution in [0.4, 0.5) is 0 Å². The number of rotatable bonds is 16. The van der Waals surface area contributed by atoms with Crippen molar-refractivity contribution >= 4 is 16.3 Å². The molecule has 0 heterocycles. The van der Waals surface area contributed by atoms with Crippen molar-refractivity contribution in [2.45, 2.75) is 104 Å². The molecule has 3 saturated carbocycles. The van der Waals surface area contributed by atoms with Crippen molar-refractivity contribution in [2.24, 2.45) is 46.2 Å².